The van der Waals surface area contributed by atoms with Gasteiger partial charge in [-0.15, -0.1) is 5.10 Å². The maximum absolute atomic E-state index is 12.0. The SMILES string of the molecule is CC(C)n1cc(Cn2cc(Cc3ccccc3)nn2)c(=O)[nH]c1=O. The van der Waals surface area contributed by atoms with Crippen molar-refractivity contribution < 1.29 is 0 Å². The standard InChI is InChI=1S/C17H19N5O2/c1-12(2)22-10-14(16(23)18-17(22)24)9-21-11-15(19-20-21)8-13-6-4-3-5-7-13/h3-7,10-12H,8-9H2,1-2H3,(H,18,23,24). The summed E-state index contributed by atoms with van der Waals surface area (Å²) in [6.07, 6.45) is 4.09. The van der Waals surface area contributed by atoms with E-state index >= 15 is 0 Å². The first kappa shape index (κ1) is 15.9. The highest BCUT2D eigenvalue weighted by Gasteiger charge is 2.09. The fourth-order valence-corrected chi connectivity index (χ4v) is 2.50. The number of nitrogens with zero attached hydrogens (tertiary/aromatic N) is 4. The molecule has 2 aromatic heterocycles. The molecule has 0 atom stereocenters. The van der Waals surface area contributed by atoms with E-state index < -0.39 is 11.2 Å². The minimum Gasteiger partial charge on any atom is -0.298 e. The Morgan fingerprint density at radius 2 is 1.88 bits per heavy atom. The molecule has 0 bridgehead atoms. The number of hydrogen-bond acceptors (Lipinski definition) is 4. The summed E-state index contributed by atoms with van der Waals surface area (Å²) in [6.45, 7) is 4.04. The number of aromatic nitrogens is 5. The second-order valence-electron chi connectivity index (χ2n) is 5.98. The average molecular weight is 325 g/mol. The van der Waals surface area contributed by atoms with Gasteiger partial charge >= 0.3 is 5.69 Å². The van der Waals surface area contributed by atoms with Crippen LogP contribution in [0.1, 0.15) is 36.7 Å². The lowest BCUT2D eigenvalue weighted by atomic mass is 10.1. The summed E-state index contributed by atoms with van der Waals surface area (Å²) < 4.78 is 3.11. The van der Waals surface area contributed by atoms with Gasteiger partial charge in [0.25, 0.3) is 5.56 Å². The molecular formula is C17H19N5O2. The van der Waals surface area contributed by atoms with E-state index in [9.17, 15) is 9.59 Å². The Hall–Kier alpha value is -2.96. The largest absolute Gasteiger partial charge is 0.328 e. The third kappa shape index (κ3) is 3.51. The Morgan fingerprint density at radius 3 is 2.58 bits per heavy atom. The fraction of sp³-hybridized carbons (Fsp3) is 0.294. The van der Waals surface area contributed by atoms with Gasteiger partial charge in [0.15, 0.2) is 0 Å². The van der Waals surface area contributed by atoms with E-state index in [-0.39, 0.29) is 12.6 Å². The van der Waals surface area contributed by atoms with Crippen LogP contribution in [0.4, 0.5) is 0 Å². The van der Waals surface area contributed by atoms with Crippen molar-refractivity contribution in [1.29, 1.82) is 0 Å². The van der Waals surface area contributed by atoms with Crippen LogP contribution in [0.25, 0.3) is 0 Å². The molecule has 0 radical (unpaired) electrons. The maximum atomic E-state index is 12.0. The topological polar surface area (TPSA) is 85.6 Å². The molecule has 1 aromatic carbocycles. The Morgan fingerprint density at radius 1 is 1.12 bits per heavy atom. The molecule has 0 spiro atoms. The lowest BCUT2D eigenvalue weighted by molar-refractivity contribution is 0.547. The van der Waals surface area contributed by atoms with E-state index in [1.54, 1.807) is 10.9 Å². The lowest BCUT2D eigenvalue weighted by Crippen LogP contribution is -2.33. The molecule has 0 saturated heterocycles. The van der Waals surface area contributed by atoms with E-state index in [0.29, 0.717) is 12.0 Å². The van der Waals surface area contributed by atoms with Crippen LogP contribution in [0.2, 0.25) is 0 Å². The van der Waals surface area contributed by atoms with Crippen LogP contribution in [-0.2, 0) is 13.0 Å². The monoisotopic (exact) mass is 325 g/mol. The molecule has 0 amide bonds. The van der Waals surface area contributed by atoms with Gasteiger partial charge in [0, 0.05) is 24.9 Å². The summed E-state index contributed by atoms with van der Waals surface area (Å²) in [6, 6.07) is 9.96. The number of benzene rings is 1. The molecule has 0 aliphatic carbocycles. The molecule has 0 unspecified atom stereocenters. The molecule has 0 saturated carbocycles. The second-order valence-corrected chi connectivity index (χ2v) is 5.98. The van der Waals surface area contributed by atoms with Crippen molar-refractivity contribution >= 4 is 0 Å². The number of H-pyrrole nitrogens is 1. The summed E-state index contributed by atoms with van der Waals surface area (Å²) in [5, 5.41) is 8.22. The molecule has 1 N–H and O–H groups in total. The number of aromatic amines is 1. The number of nitrogens with one attached hydrogen (secondary N) is 1. The van der Waals surface area contributed by atoms with Gasteiger partial charge in [-0.1, -0.05) is 35.5 Å². The first-order chi connectivity index (χ1) is 11.5. The number of rotatable bonds is 5. The Labute approximate surface area is 138 Å². The molecule has 24 heavy (non-hydrogen) atoms. The molecular weight excluding hydrogens is 306 g/mol. The summed E-state index contributed by atoms with van der Waals surface area (Å²) in [5.74, 6) is 0. The predicted octanol–water partition coefficient (Wildman–Crippen LogP) is 1.35. The molecule has 0 aliphatic rings. The Balaban J connectivity index is 1.81. The zero-order valence-electron chi connectivity index (χ0n) is 13.6. The summed E-state index contributed by atoms with van der Waals surface area (Å²) in [7, 11) is 0. The van der Waals surface area contributed by atoms with Gasteiger partial charge in [-0.05, 0) is 19.4 Å². The number of hydrogen-bond donors (Lipinski definition) is 1. The van der Waals surface area contributed by atoms with Gasteiger partial charge in [0.2, 0.25) is 0 Å². The molecule has 7 nitrogen and oxygen atoms in total. The molecule has 2 heterocycles. The minimum atomic E-state index is -0.401. The first-order valence-corrected chi connectivity index (χ1v) is 7.80. The van der Waals surface area contributed by atoms with Gasteiger partial charge in [-0.2, -0.15) is 0 Å². The van der Waals surface area contributed by atoms with Crippen LogP contribution < -0.4 is 11.2 Å². The molecule has 7 heteroatoms. The molecule has 124 valence electrons. The van der Waals surface area contributed by atoms with Crippen molar-refractivity contribution in [3.8, 4) is 0 Å². The van der Waals surface area contributed by atoms with Crippen LogP contribution in [0.3, 0.4) is 0 Å². The molecule has 3 rings (SSSR count). The van der Waals surface area contributed by atoms with Crippen molar-refractivity contribution in [3.63, 3.8) is 0 Å². The van der Waals surface area contributed by atoms with Gasteiger partial charge in [0.05, 0.1) is 17.8 Å². The Kier molecular flexibility index (Phi) is 4.41. The van der Waals surface area contributed by atoms with E-state index in [1.807, 2.05) is 50.4 Å². The Bertz CT molecular complexity index is 937. The van der Waals surface area contributed by atoms with Gasteiger partial charge < -0.3 is 0 Å². The van der Waals surface area contributed by atoms with Crippen LogP contribution in [-0.4, -0.2) is 24.5 Å². The maximum Gasteiger partial charge on any atom is 0.328 e. The fourth-order valence-electron chi connectivity index (χ4n) is 2.50. The first-order valence-electron chi connectivity index (χ1n) is 7.80. The molecule has 0 fully saturated rings. The third-order valence-corrected chi connectivity index (χ3v) is 3.74. The van der Waals surface area contributed by atoms with E-state index in [4.69, 9.17) is 0 Å². The highest BCUT2D eigenvalue weighted by molar-refractivity contribution is 5.20. The van der Waals surface area contributed by atoms with Crippen molar-refractivity contribution in [2.45, 2.75) is 32.9 Å². The summed E-state index contributed by atoms with van der Waals surface area (Å²) >= 11 is 0. The van der Waals surface area contributed by atoms with Crippen LogP contribution in [0.15, 0.2) is 52.3 Å². The lowest BCUT2D eigenvalue weighted by Gasteiger charge is -2.10. The molecule has 0 aliphatic heterocycles. The van der Waals surface area contributed by atoms with Crippen LogP contribution in [0.5, 0.6) is 0 Å². The zero-order chi connectivity index (χ0) is 17.1. The third-order valence-electron chi connectivity index (χ3n) is 3.74. The smallest absolute Gasteiger partial charge is 0.298 e. The second kappa shape index (κ2) is 6.66. The zero-order valence-corrected chi connectivity index (χ0v) is 13.6. The van der Waals surface area contributed by atoms with Crippen molar-refractivity contribution in [2.75, 3.05) is 0 Å². The highest BCUT2D eigenvalue weighted by Crippen LogP contribution is 2.07. The van der Waals surface area contributed by atoms with Gasteiger partial charge in [-0.3, -0.25) is 14.3 Å². The normalized spacial score (nSPS) is 11.1. The van der Waals surface area contributed by atoms with E-state index in [0.717, 1.165) is 11.3 Å². The highest BCUT2D eigenvalue weighted by atomic mass is 16.2. The van der Waals surface area contributed by atoms with Crippen molar-refractivity contribution in [1.82, 2.24) is 24.5 Å². The average Bonchev–Trinajstić information content (AvgIpc) is 2.97. The summed E-state index contributed by atoms with van der Waals surface area (Å²) in [5.41, 5.74) is 1.66. The molecule has 3 aromatic rings. The quantitative estimate of drug-likeness (QED) is 0.767. The minimum absolute atomic E-state index is 0.0301. The predicted molar refractivity (Wildman–Crippen MR) is 90.1 cm³/mol. The van der Waals surface area contributed by atoms with Crippen LogP contribution >= 0.6 is 0 Å². The van der Waals surface area contributed by atoms with E-state index in [1.165, 1.54) is 4.57 Å². The van der Waals surface area contributed by atoms with E-state index in [2.05, 4.69) is 15.3 Å². The summed E-state index contributed by atoms with van der Waals surface area (Å²) in [4.78, 5) is 26.1. The van der Waals surface area contributed by atoms with Crippen molar-refractivity contribution in [3.05, 3.63) is 80.4 Å². The van der Waals surface area contributed by atoms with Crippen molar-refractivity contribution in [2.24, 2.45) is 0 Å². The van der Waals surface area contributed by atoms with Crippen LogP contribution in [0, 0.1) is 0 Å². The van der Waals surface area contributed by atoms with Gasteiger partial charge in [-0.25, -0.2) is 9.48 Å². The van der Waals surface area contributed by atoms with Gasteiger partial charge in [0.1, 0.15) is 0 Å².